The molecule has 0 bridgehead atoms. The smallest absolute Gasteiger partial charge is 0.336 e. The molecule has 0 aliphatic heterocycles. The lowest BCUT2D eigenvalue weighted by molar-refractivity contribution is -0.132. The maximum Gasteiger partial charge on any atom is 0.336 e. The van der Waals surface area contributed by atoms with Crippen molar-refractivity contribution in [3.63, 3.8) is 0 Å². The molecular formula is C30H25Cl2NO3. The lowest BCUT2D eigenvalue weighted by Crippen LogP contribution is -2.30. The van der Waals surface area contributed by atoms with Crippen LogP contribution in [-0.2, 0) is 24.3 Å². The molecule has 0 saturated carbocycles. The zero-order chi connectivity index (χ0) is 25.5. The van der Waals surface area contributed by atoms with Gasteiger partial charge in [0, 0.05) is 29.6 Å². The van der Waals surface area contributed by atoms with Gasteiger partial charge >= 0.3 is 5.97 Å². The van der Waals surface area contributed by atoms with Crippen molar-refractivity contribution in [1.29, 1.82) is 0 Å². The van der Waals surface area contributed by atoms with E-state index in [0.29, 0.717) is 41.5 Å². The number of carbonyl (C=O) groups is 2. The van der Waals surface area contributed by atoms with Crippen LogP contribution in [0.1, 0.15) is 33.5 Å². The normalized spacial score (nSPS) is 10.7. The Morgan fingerprint density at radius 3 is 1.97 bits per heavy atom. The number of nitrogens with zero attached hydrogens (tertiary/aromatic N) is 1. The highest BCUT2D eigenvalue weighted by Crippen LogP contribution is 2.25. The standard InChI is InChI=1S/C30H25Cl2NO3/c31-25-16-23(17-26(32)18-25)20-33(29(34)15-12-21-6-2-1-3-7-21)19-22-10-13-24(14-11-22)27-8-4-5-9-28(27)30(35)36/h1-11,13-14,16-18H,12,15,19-20H2,(H,35,36). The predicted molar refractivity (Wildman–Crippen MR) is 144 cm³/mol. The molecule has 1 amide bonds. The highest BCUT2D eigenvalue weighted by molar-refractivity contribution is 6.34. The molecule has 0 aromatic heterocycles. The Balaban J connectivity index is 1.55. The molecule has 6 heteroatoms. The van der Waals surface area contributed by atoms with Gasteiger partial charge < -0.3 is 10.0 Å². The van der Waals surface area contributed by atoms with Gasteiger partial charge in [0.15, 0.2) is 0 Å². The van der Waals surface area contributed by atoms with Crippen LogP contribution in [-0.4, -0.2) is 21.9 Å². The van der Waals surface area contributed by atoms with Crippen molar-refractivity contribution in [1.82, 2.24) is 4.90 Å². The molecule has 0 aliphatic rings. The Bertz CT molecular complexity index is 1330. The highest BCUT2D eigenvalue weighted by atomic mass is 35.5. The second-order valence-electron chi connectivity index (χ2n) is 8.56. The first-order chi connectivity index (χ1) is 17.4. The number of amides is 1. The van der Waals surface area contributed by atoms with Crippen molar-refractivity contribution in [3.8, 4) is 11.1 Å². The van der Waals surface area contributed by atoms with Crippen molar-refractivity contribution in [3.05, 3.63) is 129 Å². The van der Waals surface area contributed by atoms with Crippen LogP contribution in [0.5, 0.6) is 0 Å². The third-order valence-electron chi connectivity index (χ3n) is 5.91. The van der Waals surface area contributed by atoms with E-state index in [1.54, 1.807) is 29.2 Å². The molecule has 182 valence electrons. The lowest BCUT2D eigenvalue weighted by Gasteiger charge is -2.24. The summed E-state index contributed by atoms with van der Waals surface area (Å²) < 4.78 is 0. The molecule has 0 fully saturated rings. The van der Waals surface area contributed by atoms with Crippen LogP contribution in [0.25, 0.3) is 11.1 Å². The van der Waals surface area contributed by atoms with Gasteiger partial charge in [-0.25, -0.2) is 4.79 Å². The van der Waals surface area contributed by atoms with Crippen LogP contribution in [0.15, 0.2) is 97.1 Å². The summed E-state index contributed by atoms with van der Waals surface area (Å²) in [6.45, 7) is 0.774. The van der Waals surface area contributed by atoms with Crippen LogP contribution in [0.2, 0.25) is 10.0 Å². The number of hydrogen-bond acceptors (Lipinski definition) is 2. The first-order valence-corrected chi connectivity index (χ1v) is 12.3. The molecule has 0 unspecified atom stereocenters. The van der Waals surface area contributed by atoms with Gasteiger partial charge in [0.25, 0.3) is 0 Å². The predicted octanol–water partition coefficient (Wildman–Crippen LogP) is 7.52. The molecule has 0 saturated heterocycles. The van der Waals surface area contributed by atoms with Crippen molar-refractivity contribution in [2.75, 3.05) is 0 Å². The Kier molecular flexibility index (Phi) is 8.42. The van der Waals surface area contributed by atoms with Crippen LogP contribution in [0.3, 0.4) is 0 Å². The quantitative estimate of drug-likeness (QED) is 0.249. The van der Waals surface area contributed by atoms with Crippen molar-refractivity contribution in [2.24, 2.45) is 0 Å². The van der Waals surface area contributed by atoms with Crippen molar-refractivity contribution >= 4 is 35.1 Å². The fraction of sp³-hybridized carbons (Fsp3) is 0.133. The van der Waals surface area contributed by atoms with Crippen LogP contribution in [0, 0.1) is 0 Å². The minimum absolute atomic E-state index is 0.0234. The van der Waals surface area contributed by atoms with Gasteiger partial charge in [0.2, 0.25) is 5.91 Å². The Morgan fingerprint density at radius 2 is 1.31 bits per heavy atom. The minimum Gasteiger partial charge on any atom is -0.478 e. The number of hydrogen-bond donors (Lipinski definition) is 1. The van der Waals surface area contributed by atoms with Crippen molar-refractivity contribution in [2.45, 2.75) is 25.9 Å². The SMILES string of the molecule is O=C(O)c1ccccc1-c1ccc(CN(Cc2cc(Cl)cc(Cl)c2)C(=O)CCc2ccccc2)cc1. The molecule has 0 heterocycles. The molecule has 4 rings (SSSR count). The fourth-order valence-electron chi connectivity index (χ4n) is 4.14. The minimum atomic E-state index is -0.968. The average molecular weight is 518 g/mol. The molecule has 4 nitrogen and oxygen atoms in total. The van der Waals surface area contributed by atoms with Gasteiger partial charge in [-0.1, -0.05) is 96.0 Å². The summed E-state index contributed by atoms with van der Waals surface area (Å²) in [5.74, 6) is -0.944. The van der Waals surface area contributed by atoms with E-state index in [1.165, 1.54) is 0 Å². The van der Waals surface area contributed by atoms with E-state index in [4.69, 9.17) is 23.2 Å². The summed E-state index contributed by atoms with van der Waals surface area (Å²) in [4.78, 5) is 26.7. The van der Waals surface area contributed by atoms with E-state index < -0.39 is 5.97 Å². The Hall–Kier alpha value is -3.60. The summed E-state index contributed by atoms with van der Waals surface area (Å²) in [6.07, 6.45) is 1.03. The summed E-state index contributed by atoms with van der Waals surface area (Å²) in [7, 11) is 0. The number of rotatable bonds is 9. The van der Waals surface area contributed by atoms with Gasteiger partial charge in [-0.15, -0.1) is 0 Å². The zero-order valence-corrected chi connectivity index (χ0v) is 21.0. The zero-order valence-electron chi connectivity index (χ0n) is 19.5. The van der Waals surface area contributed by atoms with E-state index in [0.717, 1.165) is 22.3 Å². The highest BCUT2D eigenvalue weighted by Gasteiger charge is 2.16. The van der Waals surface area contributed by atoms with Gasteiger partial charge in [0.1, 0.15) is 0 Å². The number of aryl methyl sites for hydroxylation is 1. The molecule has 0 spiro atoms. The largest absolute Gasteiger partial charge is 0.478 e. The second kappa shape index (κ2) is 11.9. The van der Waals surface area contributed by atoms with Gasteiger partial charge in [-0.3, -0.25) is 4.79 Å². The summed E-state index contributed by atoms with van der Waals surface area (Å²) in [5.41, 5.74) is 4.61. The molecule has 0 aliphatic carbocycles. The summed E-state index contributed by atoms with van der Waals surface area (Å²) in [5, 5.41) is 10.6. The Morgan fingerprint density at radius 1 is 0.694 bits per heavy atom. The molecule has 1 N–H and O–H groups in total. The lowest BCUT2D eigenvalue weighted by atomic mass is 9.98. The Labute approximate surface area is 220 Å². The molecule has 0 radical (unpaired) electrons. The fourth-order valence-corrected chi connectivity index (χ4v) is 4.71. The first-order valence-electron chi connectivity index (χ1n) is 11.6. The van der Waals surface area contributed by atoms with Gasteiger partial charge in [-0.05, 0) is 58.5 Å². The number of carbonyl (C=O) groups excluding carboxylic acids is 1. The van der Waals surface area contributed by atoms with E-state index in [2.05, 4.69) is 0 Å². The van der Waals surface area contributed by atoms with Crippen LogP contribution < -0.4 is 0 Å². The van der Waals surface area contributed by atoms with Crippen molar-refractivity contribution < 1.29 is 14.7 Å². The number of carboxylic acids is 1. The number of aromatic carboxylic acids is 1. The number of carboxylic acid groups (broad SMARTS) is 1. The molecular weight excluding hydrogens is 493 g/mol. The van der Waals surface area contributed by atoms with Gasteiger partial charge in [0.05, 0.1) is 5.56 Å². The van der Waals surface area contributed by atoms with Gasteiger partial charge in [-0.2, -0.15) is 0 Å². The molecule has 36 heavy (non-hydrogen) atoms. The topological polar surface area (TPSA) is 57.6 Å². The molecule has 4 aromatic rings. The third-order valence-corrected chi connectivity index (χ3v) is 6.35. The number of benzene rings is 4. The van der Waals surface area contributed by atoms with Crippen LogP contribution in [0.4, 0.5) is 0 Å². The average Bonchev–Trinajstić information content (AvgIpc) is 2.87. The third kappa shape index (κ3) is 6.75. The second-order valence-corrected chi connectivity index (χ2v) is 9.43. The number of halogens is 2. The van der Waals surface area contributed by atoms with Crippen LogP contribution >= 0.6 is 23.2 Å². The van der Waals surface area contributed by atoms with E-state index in [1.807, 2.05) is 72.8 Å². The van der Waals surface area contributed by atoms with E-state index >= 15 is 0 Å². The maximum atomic E-state index is 13.3. The maximum absolute atomic E-state index is 13.3. The van der Waals surface area contributed by atoms with E-state index in [9.17, 15) is 14.7 Å². The summed E-state index contributed by atoms with van der Waals surface area (Å²) in [6, 6.07) is 29.8. The van der Waals surface area contributed by atoms with E-state index in [-0.39, 0.29) is 11.5 Å². The first kappa shape index (κ1) is 25.5. The monoisotopic (exact) mass is 517 g/mol. The molecule has 4 aromatic carbocycles. The summed E-state index contributed by atoms with van der Waals surface area (Å²) >= 11 is 12.4. The molecule has 0 atom stereocenters.